The Balaban J connectivity index is 1.38. The second-order valence-electron chi connectivity index (χ2n) is 7.45. The molecule has 0 bridgehead atoms. The number of nitrogens with zero attached hydrogens (tertiary/aromatic N) is 1. The Morgan fingerprint density at radius 3 is 2.71 bits per heavy atom. The van der Waals surface area contributed by atoms with Gasteiger partial charge in [-0.15, -0.1) is 11.3 Å². The van der Waals surface area contributed by atoms with Gasteiger partial charge in [-0.3, -0.25) is 9.59 Å². The van der Waals surface area contributed by atoms with Gasteiger partial charge in [0.05, 0.1) is 4.88 Å². The normalized spacial score (nSPS) is 18.8. The van der Waals surface area contributed by atoms with Crippen LogP contribution >= 0.6 is 11.3 Å². The van der Waals surface area contributed by atoms with E-state index in [1.165, 1.54) is 17.0 Å². The van der Waals surface area contributed by atoms with Crippen molar-refractivity contribution in [1.82, 2.24) is 10.2 Å². The Kier molecular flexibility index (Phi) is 5.44. The molecule has 1 atom stereocenters. The molecule has 4 rings (SSSR count). The highest BCUT2D eigenvalue weighted by Gasteiger charge is 2.29. The third-order valence-corrected chi connectivity index (χ3v) is 6.75. The SMILES string of the molecule is O=C(NCc1ccc(F)cc1F)[C@@H]1CCc2sc(C(=O)N3CCCC3)cc2C1. The first-order valence-corrected chi connectivity index (χ1v) is 10.5. The number of carbonyl (C=O) groups excluding carboxylic acids is 2. The Morgan fingerprint density at radius 2 is 1.96 bits per heavy atom. The van der Waals surface area contributed by atoms with E-state index in [4.69, 9.17) is 0 Å². The van der Waals surface area contributed by atoms with E-state index in [9.17, 15) is 18.4 Å². The summed E-state index contributed by atoms with van der Waals surface area (Å²) >= 11 is 1.55. The molecule has 4 nitrogen and oxygen atoms in total. The molecule has 2 heterocycles. The lowest BCUT2D eigenvalue weighted by atomic mass is 9.87. The standard InChI is InChI=1S/C21H22F2N2O2S/c22-16-5-3-14(17(23)11-16)12-24-20(26)13-4-6-18-15(9-13)10-19(28-18)21(27)25-7-1-2-8-25/h3,5,10-11,13H,1-2,4,6-9,12H2,(H,24,26)/t13-/m1/s1. The number of halogens is 2. The third kappa shape index (κ3) is 3.94. The van der Waals surface area contributed by atoms with Gasteiger partial charge in [0.25, 0.3) is 5.91 Å². The van der Waals surface area contributed by atoms with Gasteiger partial charge in [-0.1, -0.05) is 6.07 Å². The number of nitrogens with one attached hydrogen (secondary N) is 1. The zero-order valence-electron chi connectivity index (χ0n) is 15.5. The van der Waals surface area contributed by atoms with Gasteiger partial charge in [0.15, 0.2) is 0 Å². The maximum Gasteiger partial charge on any atom is 0.263 e. The van der Waals surface area contributed by atoms with Crippen molar-refractivity contribution in [2.24, 2.45) is 5.92 Å². The van der Waals surface area contributed by atoms with Crippen LogP contribution < -0.4 is 5.32 Å². The highest BCUT2D eigenvalue weighted by atomic mass is 32.1. The summed E-state index contributed by atoms with van der Waals surface area (Å²) < 4.78 is 26.7. The molecule has 7 heteroatoms. The van der Waals surface area contributed by atoms with Crippen LogP contribution in [0.15, 0.2) is 24.3 Å². The average molecular weight is 404 g/mol. The molecule has 0 saturated carbocycles. The van der Waals surface area contributed by atoms with Crippen molar-refractivity contribution in [3.8, 4) is 0 Å². The fourth-order valence-electron chi connectivity index (χ4n) is 3.92. The molecular weight excluding hydrogens is 382 g/mol. The van der Waals surface area contributed by atoms with E-state index in [-0.39, 0.29) is 29.8 Å². The highest BCUT2D eigenvalue weighted by Crippen LogP contribution is 2.33. The summed E-state index contributed by atoms with van der Waals surface area (Å²) in [5.41, 5.74) is 1.34. The lowest BCUT2D eigenvalue weighted by Gasteiger charge is -2.21. The first-order valence-electron chi connectivity index (χ1n) is 9.64. The number of hydrogen-bond acceptors (Lipinski definition) is 3. The number of aryl methyl sites for hydroxylation is 1. The Labute approximate surface area is 166 Å². The van der Waals surface area contributed by atoms with Gasteiger partial charge in [0.1, 0.15) is 11.6 Å². The van der Waals surface area contributed by atoms with Gasteiger partial charge in [0.2, 0.25) is 5.91 Å². The maximum absolute atomic E-state index is 13.7. The molecule has 1 saturated heterocycles. The molecule has 2 aromatic rings. The van der Waals surface area contributed by atoms with Gasteiger partial charge < -0.3 is 10.2 Å². The van der Waals surface area contributed by atoms with Crippen LogP contribution in [0.4, 0.5) is 8.78 Å². The zero-order chi connectivity index (χ0) is 19.7. The van der Waals surface area contributed by atoms with Crippen molar-refractivity contribution in [3.63, 3.8) is 0 Å². The van der Waals surface area contributed by atoms with Crippen LogP contribution in [0.1, 0.15) is 44.9 Å². The first-order chi connectivity index (χ1) is 13.5. The van der Waals surface area contributed by atoms with Gasteiger partial charge in [-0.25, -0.2) is 8.78 Å². The number of fused-ring (bicyclic) bond motifs is 1. The largest absolute Gasteiger partial charge is 0.352 e. The summed E-state index contributed by atoms with van der Waals surface area (Å²) in [4.78, 5) is 29.0. The minimum absolute atomic E-state index is 0.0383. The molecule has 1 N–H and O–H groups in total. The fourth-order valence-corrected chi connectivity index (χ4v) is 5.10. The summed E-state index contributed by atoms with van der Waals surface area (Å²) in [6, 6.07) is 5.29. The smallest absolute Gasteiger partial charge is 0.263 e. The monoisotopic (exact) mass is 404 g/mol. The van der Waals surface area contributed by atoms with Gasteiger partial charge >= 0.3 is 0 Å². The summed E-state index contributed by atoms with van der Waals surface area (Å²) in [5, 5.41) is 2.76. The zero-order valence-corrected chi connectivity index (χ0v) is 16.3. The number of likely N-dealkylation sites (tertiary alicyclic amines) is 1. The number of hydrogen-bond donors (Lipinski definition) is 1. The molecule has 1 aromatic carbocycles. The molecule has 1 aromatic heterocycles. The van der Waals surface area contributed by atoms with Crippen LogP contribution in [0.2, 0.25) is 0 Å². The van der Waals surface area contributed by atoms with E-state index in [0.29, 0.717) is 12.8 Å². The second kappa shape index (κ2) is 7.99. The Hall–Kier alpha value is -2.28. The van der Waals surface area contributed by atoms with Crippen LogP contribution in [0, 0.1) is 17.6 Å². The molecule has 1 aliphatic heterocycles. The minimum Gasteiger partial charge on any atom is -0.352 e. The molecule has 0 unspecified atom stereocenters. The maximum atomic E-state index is 13.7. The van der Waals surface area contributed by atoms with Crippen LogP contribution in [0.3, 0.4) is 0 Å². The molecular formula is C21H22F2N2O2S. The van der Waals surface area contributed by atoms with Crippen molar-refractivity contribution in [2.75, 3.05) is 13.1 Å². The lowest BCUT2D eigenvalue weighted by Crippen LogP contribution is -2.33. The quantitative estimate of drug-likeness (QED) is 0.845. The van der Waals surface area contributed by atoms with Gasteiger partial charge in [0, 0.05) is 42.1 Å². The van der Waals surface area contributed by atoms with Crippen molar-refractivity contribution in [3.05, 3.63) is 56.8 Å². The second-order valence-corrected chi connectivity index (χ2v) is 8.59. The third-order valence-electron chi connectivity index (χ3n) is 5.53. The number of rotatable bonds is 4. The topological polar surface area (TPSA) is 49.4 Å². The van der Waals surface area contributed by atoms with E-state index in [2.05, 4.69) is 5.32 Å². The average Bonchev–Trinajstić information content (AvgIpc) is 3.35. The van der Waals surface area contributed by atoms with E-state index < -0.39 is 11.6 Å². The molecule has 2 amide bonds. The fraction of sp³-hybridized carbons (Fsp3) is 0.429. The van der Waals surface area contributed by atoms with Crippen LogP contribution in [0.5, 0.6) is 0 Å². The number of thiophene rings is 1. The van der Waals surface area contributed by atoms with E-state index >= 15 is 0 Å². The Bertz CT molecular complexity index is 906. The first kappa shape index (κ1) is 19.1. The predicted octanol–water partition coefficient (Wildman–Crippen LogP) is 3.68. The summed E-state index contributed by atoms with van der Waals surface area (Å²) in [5.74, 6) is -1.52. The van der Waals surface area contributed by atoms with E-state index in [1.54, 1.807) is 11.3 Å². The summed E-state index contributed by atoms with van der Waals surface area (Å²) in [6.07, 6.45) is 4.21. The summed E-state index contributed by atoms with van der Waals surface area (Å²) in [7, 11) is 0. The van der Waals surface area contributed by atoms with E-state index in [0.717, 1.165) is 48.9 Å². The molecule has 0 radical (unpaired) electrons. The van der Waals surface area contributed by atoms with Crippen molar-refractivity contribution < 1.29 is 18.4 Å². The van der Waals surface area contributed by atoms with E-state index in [1.807, 2.05) is 11.0 Å². The number of amides is 2. The van der Waals surface area contributed by atoms with Crippen LogP contribution in [-0.2, 0) is 24.2 Å². The molecule has 28 heavy (non-hydrogen) atoms. The molecule has 148 valence electrons. The molecule has 1 aliphatic carbocycles. The van der Waals surface area contributed by atoms with Gasteiger partial charge in [-0.2, -0.15) is 0 Å². The van der Waals surface area contributed by atoms with Crippen LogP contribution in [0.25, 0.3) is 0 Å². The van der Waals surface area contributed by atoms with Crippen molar-refractivity contribution in [1.29, 1.82) is 0 Å². The Morgan fingerprint density at radius 1 is 1.18 bits per heavy atom. The van der Waals surface area contributed by atoms with Crippen molar-refractivity contribution in [2.45, 2.75) is 38.6 Å². The molecule has 2 aliphatic rings. The number of benzene rings is 1. The highest BCUT2D eigenvalue weighted by molar-refractivity contribution is 7.14. The summed E-state index contributed by atoms with van der Waals surface area (Å²) in [6.45, 7) is 1.69. The van der Waals surface area contributed by atoms with Gasteiger partial charge in [-0.05, 0) is 49.8 Å². The minimum atomic E-state index is -0.658. The predicted molar refractivity (Wildman–Crippen MR) is 103 cm³/mol. The molecule has 1 fully saturated rings. The molecule has 0 spiro atoms. The lowest BCUT2D eigenvalue weighted by molar-refractivity contribution is -0.125. The van der Waals surface area contributed by atoms with Crippen LogP contribution in [-0.4, -0.2) is 29.8 Å². The van der Waals surface area contributed by atoms with Crippen molar-refractivity contribution >= 4 is 23.2 Å². The number of carbonyl (C=O) groups is 2.